The van der Waals surface area contributed by atoms with Crippen molar-refractivity contribution in [1.82, 2.24) is 4.98 Å². The average molecular weight is 291 g/mol. The molecule has 0 aliphatic carbocycles. The van der Waals surface area contributed by atoms with Gasteiger partial charge in [0.15, 0.2) is 0 Å². The molecule has 0 fully saturated rings. The topological polar surface area (TPSA) is 36.4 Å². The molecule has 1 aromatic carbocycles. The number of benzene rings is 1. The molecule has 1 unspecified atom stereocenters. The van der Waals surface area contributed by atoms with Gasteiger partial charge in [0.25, 0.3) is 0 Å². The van der Waals surface area contributed by atoms with Gasteiger partial charge in [0.05, 0.1) is 16.8 Å². The molecule has 2 aromatic rings. The van der Waals surface area contributed by atoms with Crippen LogP contribution in [0.1, 0.15) is 24.3 Å². The molecule has 0 saturated carbocycles. The Bertz CT molecular complexity index is 558. The van der Waals surface area contributed by atoms with Gasteiger partial charge < -0.3 is 10.0 Å². The van der Waals surface area contributed by atoms with Gasteiger partial charge in [0.1, 0.15) is 0 Å². The highest BCUT2D eigenvalue weighted by molar-refractivity contribution is 6.33. The van der Waals surface area contributed by atoms with E-state index in [0.29, 0.717) is 5.02 Å². The number of hydrogen-bond acceptors (Lipinski definition) is 3. The summed E-state index contributed by atoms with van der Waals surface area (Å²) in [4.78, 5) is 6.41. The summed E-state index contributed by atoms with van der Waals surface area (Å²) < 4.78 is 0. The van der Waals surface area contributed by atoms with Crippen molar-refractivity contribution in [3.63, 3.8) is 0 Å². The number of aliphatic hydroxyl groups is 1. The Morgan fingerprint density at radius 3 is 2.70 bits per heavy atom. The van der Waals surface area contributed by atoms with Crippen LogP contribution in [0.15, 0.2) is 42.6 Å². The van der Waals surface area contributed by atoms with Crippen molar-refractivity contribution in [1.29, 1.82) is 0 Å². The Balaban J connectivity index is 2.04. The van der Waals surface area contributed by atoms with E-state index >= 15 is 0 Å². The maximum atomic E-state index is 9.55. The van der Waals surface area contributed by atoms with E-state index in [1.807, 2.05) is 43.4 Å². The number of nitrogens with zero attached hydrogens (tertiary/aromatic N) is 2. The summed E-state index contributed by atoms with van der Waals surface area (Å²) in [6.07, 6.45) is 2.17. The standard InChI is InChI=1S/C16H19ClN2O/c1-12(20)13-6-7-16(15(17)11-13)19(2)10-8-14-5-3-4-9-18-14/h3-7,9,11-12,20H,8,10H2,1-2H3. The first-order valence-electron chi connectivity index (χ1n) is 6.66. The van der Waals surface area contributed by atoms with Crippen molar-refractivity contribution in [3.05, 3.63) is 58.9 Å². The molecule has 0 bridgehead atoms. The zero-order valence-electron chi connectivity index (χ0n) is 11.8. The number of aliphatic hydroxyl groups excluding tert-OH is 1. The fourth-order valence-corrected chi connectivity index (χ4v) is 2.37. The van der Waals surface area contributed by atoms with E-state index in [-0.39, 0.29) is 0 Å². The molecule has 0 spiro atoms. The molecular formula is C16H19ClN2O. The van der Waals surface area contributed by atoms with E-state index in [2.05, 4.69) is 9.88 Å². The number of pyridine rings is 1. The van der Waals surface area contributed by atoms with Crippen LogP contribution in [0.2, 0.25) is 5.02 Å². The molecule has 106 valence electrons. The zero-order valence-corrected chi connectivity index (χ0v) is 12.5. The molecule has 0 aliphatic rings. The number of aromatic nitrogens is 1. The van der Waals surface area contributed by atoms with Crippen molar-refractivity contribution >= 4 is 17.3 Å². The van der Waals surface area contributed by atoms with Gasteiger partial charge in [-0.1, -0.05) is 23.7 Å². The molecule has 0 aliphatic heterocycles. The Morgan fingerprint density at radius 1 is 1.30 bits per heavy atom. The highest BCUT2D eigenvalue weighted by atomic mass is 35.5. The molecule has 1 aromatic heterocycles. The minimum atomic E-state index is -0.500. The summed E-state index contributed by atoms with van der Waals surface area (Å²) in [6.45, 7) is 2.57. The van der Waals surface area contributed by atoms with E-state index < -0.39 is 6.10 Å². The molecule has 2 rings (SSSR count). The summed E-state index contributed by atoms with van der Waals surface area (Å²) in [7, 11) is 2.01. The molecule has 20 heavy (non-hydrogen) atoms. The second kappa shape index (κ2) is 6.73. The minimum absolute atomic E-state index is 0.500. The summed E-state index contributed by atoms with van der Waals surface area (Å²) in [5.41, 5.74) is 2.86. The molecule has 1 heterocycles. The average Bonchev–Trinajstić information content (AvgIpc) is 2.45. The Hall–Kier alpha value is -1.58. The lowest BCUT2D eigenvalue weighted by molar-refractivity contribution is 0.199. The van der Waals surface area contributed by atoms with Crippen LogP contribution in [0.3, 0.4) is 0 Å². The lowest BCUT2D eigenvalue weighted by Crippen LogP contribution is -2.21. The number of rotatable bonds is 5. The maximum absolute atomic E-state index is 9.55. The van der Waals surface area contributed by atoms with E-state index in [4.69, 9.17) is 11.6 Å². The van der Waals surface area contributed by atoms with Crippen LogP contribution in [-0.4, -0.2) is 23.7 Å². The first-order valence-corrected chi connectivity index (χ1v) is 7.04. The smallest absolute Gasteiger partial charge is 0.0762 e. The van der Waals surface area contributed by atoms with Crippen molar-refractivity contribution in [2.75, 3.05) is 18.5 Å². The summed E-state index contributed by atoms with van der Waals surface area (Å²) in [6, 6.07) is 11.6. The fourth-order valence-electron chi connectivity index (χ4n) is 2.04. The van der Waals surface area contributed by atoms with Crippen molar-refractivity contribution in [2.24, 2.45) is 0 Å². The van der Waals surface area contributed by atoms with Crippen LogP contribution in [0.25, 0.3) is 0 Å². The first-order chi connectivity index (χ1) is 9.58. The molecule has 0 radical (unpaired) electrons. The summed E-state index contributed by atoms with van der Waals surface area (Å²) in [5, 5.41) is 10.2. The molecule has 4 heteroatoms. The van der Waals surface area contributed by atoms with Gasteiger partial charge in [0, 0.05) is 31.9 Å². The fraction of sp³-hybridized carbons (Fsp3) is 0.312. The van der Waals surface area contributed by atoms with Crippen LogP contribution in [-0.2, 0) is 6.42 Å². The van der Waals surface area contributed by atoms with Gasteiger partial charge in [0.2, 0.25) is 0 Å². The number of halogens is 1. The third-order valence-corrected chi connectivity index (χ3v) is 3.60. The quantitative estimate of drug-likeness (QED) is 0.916. The predicted octanol–water partition coefficient (Wildman–Crippen LogP) is 3.47. The summed E-state index contributed by atoms with van der Waals surface area (Å²) >= 11 is 6.28. The highest BCUT2D eigenvalue weighted by Crippen LogP contribution is 2.28. The largest absolute Gasteiger partial charge is 0.389 e. The SMILES string of the molecule is CC(O)c1ccc(N(C)CCc2ccccn2)c(Cl)c1. The third-order valence-electron chi connectivity index (χ3n) is 3.29. The number of anilines is 1. The minimum Gasteiger partial charge on any atom is -0.389 e. The molecule has 0 saturated heterocycles. The van der Waals surface area contributed by atoms with Crippen LogP contribution in [0.4, 0.5) is 5.69 Å². The number of likely N-dealkylation sites (N-methyl/N-ethyl adjacent to an activating group) is 1. The molecule has 1 atom stereocenters. The lowest BCUT2D eigenvalue weighted by atomic mass is 10.1. The van der Waals surface area contributed by atoms with E-state index in [1.54, 1.807) is 13.1 Å². The zero-order chi connectivity index (χ0) is 14.5. The normalized spacial score (nSPS) is 12.2. The maximum Gasteiger partial charge on any atom is 0.0762 e. The second-order valence-corrected chi connectivity index (χ2v) is 5.29. The Labute approximate surface area is 124 Å². The van der Waals surface area contributed by atoms with Gasteiger partial charge in [-0.3, -0.25) is 4.98 Å². The van der Waals surface area contributed by atoms with Crippen molar-refractivity contribution < 1.29 is 5.11 Å². The van der Waals surface area contributed by atoms with E-state index in [0.717, 1.165) is 29.9 Å². The van der Waals surface area contributed by atoms with Crippen molar-refractivity contribution in [2.45, 2.75) is 19.4 Å². The molecule has 1 N–H and O–H groups in total. The van der Waals surface area contributed by atoms with Gasteiger partial charge in [-0.25, -0.2) is 0 Å². The van der Waals surface area contributed by atoms with Gasteiger partial charge in [-0.05, 0) is 36.8 Å². The Morgan fingerprint density at radius 2 is 2.10 bits per heavy atom. The predicted molar refractivity (Wildman–Crippen MR) is 83.3 cm³/mol. The lowest BCUT2D eigenvalue weighted by Gasteiger charge is -2.21. The number of hydrogen-bond donors (Lipinski definition) is 1. The monoisotopic (exact) mass is 290 g/mol. The van der Waals surface area contributed by atoms with Crippen LogP contribution < -0.4 is 4.90 Å². The van der Waals surface area contributed by atoms with Gasteiger partial charge in [-0.2, -0.15) is 0 Å². The molecular weight excluding hydrogens is 272 g/mol. The highest BCUT2D eigenvalue weighted by Gasteiger charge is 2.09. The van der Waals surface area contributed by atoms with E-state index in [9.17, 15) is 5.11 Å². The van der Waals surface area contributed by atoms with Crippen LogP contribution in [0.5, 0.6) is 0 Å². The van der Waals surface area contributed by atoms with E-state index in [1.165, 1.54) is 0 Å². The molecule has 0 amide bonds. The van der Waals surface area contributed by atoms with Crippen LogP contribution in [0, 0.1) is 0 Å². The second-order valence-electron chi connectivity index (χ2n) is 4.88. The molecule has 3 nitrogen and oxygen atoms in total. The Kier molecular flexibility index (Phi) is 4.99. The first kappa shape index (κ1) is 14.8. The van der Waals surface area contributed by atoms with Crippen molar-refractivity contribution in [3.8, 4) is 0 Å². The van der Waals surface area contributed by atoms with Gasteiger partial charge >= 0.3 is 0 Å². The summed E-state index contributed by atoms with van der Waals surface area (Å²) in [5.74, 6) is 0. The van der Waals surface area contributed by atoms with Crippen LogP contribution >= 0.6 is 11.6 Å². The van der Waals surface area contributed by atoms with Gasteiger partial charge in [-0.15, -0.1) is 0 Å². The third kappa shape index (κ3) is 3.71.